The van der Waals surface area contributed by atoms with E-state index in [4.69, 9.17) is 4.74 Å². The van der Waals surface area contributed by atoms with Crippen LogP contribution in [0.25, 0.3) is 11.1 Å². The van der Waals surface area contributed by atoms with Crippen molar-refractivity contribution in [3.05, 3.63) is 81.5 Å². The van der Waals surface area contributed by atoms with Crippen LogP contribution in [0.5, 0.6) is 0 Å². The predicted octanol–water partition coefficient (Wildman–Crippen LogP) is 3.82. The molecule has 0 N–H and O–H groups in total. The second-order valence-corrected chi connectivity index (χ2v) is 9.52. The van der Waals surface area contributed by atoms with Gasteiger partial charge < -0.3 is 14.2 Å². The first-order valence-corrected chi connectivity index (χ1v) is 11.7. The Morgan fingerprint density at radius 3 is 2.66 bits per heavy atom. The van der Waals surface area contributed by atoms with Gasteiger partial charge in [0, 0.05) is 61.3 Å². The van der Waals surface area contributed by atoms with Crippen LogP contribution in [0.4, 0.5) is 5.69 Å². The zero-order valence-electron chi connectivity index (χ0n) is 20.7. The van der Waals surface area contributed by atoms with Crippen LogP contribution < -0.4 is 10.5 Å². The van der Waals surface area contributed by atoms with Crippen molar-refractivity contribution in [2.24, 2.45) is 7.05 Å². The van der Waals surface area contributed by atoms with Crippen LogP contribution in [0, 0.1) is 18.3 Å². The van der Waals surface area contributed by atoms with E-state index in [0.29, 0.717) is 37.6 Å². The first-order valence-electron chi connectivity index (χ1n) is 11.7. The van der Waals surface area contributed by atoms with Gasteiger partial charge in [-0.2, -0.15) is 5.26 Å². The first-order chi connectivity index (χ1) is 16.7. The zero-order valence-corrected chi connectivity index (χ0v) is 20.7. The number of nitrogens with zero attached hydrogens (tertiary/aromatic N) is 4. The minimum Gasteiger partial charge on any atom is -0.378 e. The van der Waals surface area contributed by atoms with E-state index in [0.717, 1.165) is 27.9 Å². The van der Waals surface area contributed by atoms with Crippen molar-refractivity contribution in [3.63, 3.8) is 0 Å². The van der Waals surface area contributed by atoms with E-state index in [1.807, 2.05) is 62.1 Å². The van der Waals surface area contributed by atoms with Crippen molar-refractivity contribution in [1.29, 1.82) is 5.26 Å². The molecule has 1 aliphatic heterocycles. The Bertz CT molecular complexity index is 1360. The average molecular weight is 471 g/mol. The maximum absolute atomic E-state index is 13.2. The van der Waals surface area contributed by atoms with Crippen LogP contribution in [0.1, 0.15) is 41.0 Å². The van der Waals surface area contributed by atoms with E-state index in [9.17, 15) is 14.9 Å². The summed E-state index contributed by atoms with van der Waals surface area (Å²) < 4.78 is 7.01. The highest BCUT2D eigenvalue weighted by Gasteiger charge is 2.21. The fourth-order valence-corrected chi connectivity index (χ4v) is 4.27. The number of benzene rings is 1. The van der Waals surface area contributed by atoms with E-state index in [1.165, 1.54) is 0 Å². The number of anilines is 1. The lowest BCUT2D eigenvalue weighted by atomic mass is 9.85. The molecule has 0 saturated carbocycles. The van der Waals surface area contributed by atoms with Crippen LogP contribution in [0.2, 0.25) is 0 Å². The number of morpholine rings is 1. The van der Waals surface area contributed by atoms with Crippen LogP contribution >= 0.6 is 0 Å². The number of rotatable bonds is 6. The Hall–Kier alpha value is -3.76. The molecule has 0 spiro atoms. The van der Waals surface area contributed by atoms with Gasteiger partial charge in [0.25, 0.3) is 5.56 Å². The third-order valence-corrected chi connectivity index (χ3v) is 6.53. The summed E-state index contributed by atoms with van der Waals surface area (Å²) in [5.74, 6) is -0.0520. The summed E-state index contributed by atoms with van der Waals surface area (Å²) >= 11 is 0. The molecule has 0 amide bonds. The van der Waals surface area contributed by atoms with Crippen LogP contribution in [0.15, 0.2) is 53.6 Å². The molecule has 35 heavy (non-hydrogen) atoms. The molecule has 0 atom stereocenters. The molecular weight excluding hydrogens is 440 g/mol. The van der Waals surface area contributed by atoms with Crippen molar-refractivity contribution in [2.75, 3.05) is 31.2 Å². The Labute approximate surface area is 205 Å². The molecule has 3 aromatic rings. The average Bonchev–Trinajstić information content (AvgIpc) is 2.86. The number of carbonyl (C=O) groups excluding carboxylic acids is 1. The second kappa shape index (κ2) is 9.85. The number of aromatic nitrogens is 2. The molecule has 7 heteroatoms. The van der Waals surface area contributed by atoms with Gasteiger partial charge in [-0.15, -0.1) is 0 Å². The summed E-state index contributed by atoms with van der Waals surface area (Å²) in [6, 6.07) is 13.7. The molecule has 1 aromatic carbocycles. The highest BCUT2D eigenvalue weighted by atomic mass is 16.5. The Kier molecular flexibility index (Phi) is 6.86. The molecule has 0 unspecified atom stereocenters. The molecule has 1 saturated heterocycles. The van der Waals surface area contributed by atoms with E-state index in [-0.39, 0.29) is 17.8 Å². The van der Waals surface area contributed by atoms with Crippen molar-refractivity contribution < 1.29 is 9.53 Å². The van der Waals surface area contributed by atoms with Gasteiger partial charge in [0.2, 0.25) is 0 Å². The minimum atomic E-state index is -0.626. The van der Waals surface area contributed by atoms with Gasteiger partial charge in [0.15, 0.2) is 5.78 Å². The standard InChI is InChI=1S/C28H30N4O3/c1-19-24(22-15-25(27(34)31(4)17-22)32-8-10-35-11-9-32)14-21(16-30-19)26(33)13-20-6-5-7-23(12-20)28(2,3)18-29/h5-7,12,14-17H,8-11,13H2,1-4H3. The lowest BCUT2D eigenvalue weighted by Crippen LogP contribution is -2.40. The number of hydrogen-bond donors (Lipinski definition) is 0. The smallest absolute Gasteiger partial charge is 0.273 e. The lowest BCUT2D eigenvalue weighted by molar-refractivity contribution is 0.0992. The number of aryl methyl sites for hydroxylation is 2. The summed E-state index contributed by atoms with van der Waals surface area (Å²) in [6.45, 7) is 8.13. The Balaban J connectivity index is 1.66. The molecule has 0 bridgehead atoms. The largest absolute Gasteiger partial charge is 0.378 e. The Morgan fingerprint density at radius 1 is 1.20 bits per heavy atom. The maximum atomic E-state index is 13.2. The topological polar surface area (TPSA) is 88.2 Å². The van der Waals surface area contributed by atoms with Gasteiger partial charge in [0.05, 0.1) is 24.7 Å². The monoisotopic (exact) mass is 470 g/mol. The number of Topliss-reactive ketones (excluding diaryl/α,β-unsaturated/α-hetero) is 1. The SMILES string of the molecule is Cc1ncc(C(=O)Cc2cccc(C(C)(C)C#N)c2)cc1-c1cc(N2CCOCC2)c(=O)n(C)c1. The van der Waals surface area contributed by atoms with Crippen LogP contribution in [0.3, 0.4) is 0 Å². The summed E-state index contributed by atoms with van der Waals surface area (Å²) in [5, 5.41) is 9.45. The second-order valence-electron chi connectivity index (χ2n) is 9.52. The predicted molar refractivity (Wildman–Crippen MR) is 136 cm³/mol. The molecule has 7 nitrogen and oxygen atoms in total. The number of ketones is 1. The van der Waals surface area contributed by atoms with Gasteiger partial charge in [-0.05, 0) is 44.0 Å². The zero-order chi connectivity index (χ0) is 25.2. The lowest BCUT2D eigenvalue weighted by Gasteiger charge is -2.28. The van der Waals surface area contributed by atoms with Gasteiger partial charge in [0.1, 0.15) is 5.69 Å². The molecule has 180 valence electrons. The van der Waals surface area contributed by atoms with Gasteiger partial charge in [-0.25, -0.2) is 0 Å². The third-order valence-electron chi connectivity index (χ3n) is 6.53. The summed E-state index contributed by atoms with van der Waals surface area (Å²) in [7, 11) is 1.74. The number of ether oxygens (including phenoxy) is 1. The number of nitriles is 1. The molecule has 1 aliphatic rings. The first kappa shape index (κ1) is 24.4. The third kappa shape index (κ3) is 5.18. The highest BCUT2D eigenvalue weighted by molar-refractivity contribution is 5.98. The van der Waals surface area contributed by atoms with E-state index < -0.39 is 5.41 Å². The fraction of sp³-hybridized carbons (Fsp3) is 0.357. The normalized spacial score (nSPS) is 14.0. The van der Waals surface area contributed by atoms with Gasteiger partial charge in [-0.3, -0.25) is 14.6 Å². The van der Waals surface area contributed by atoms with Crippen molar-refractivity contribution in [2.45, 2.75) is 32.6 Å². The molecular formula is C28H30N4O3. The van der Waals surface area contributed by atoms with Gasteiger partial charge in [-0.1, -0.05) is 24.3 Å². The molecule has 3 heterocycles. The van der Waals surface area contributed by atoms with Crippen molar-refractivity contribution in [1.82, 2.24) is 9.55 Å². The van der Waals surface area contributed by atoms with E-state index in [1.54, 1.807) is 24.0 Å². The van der Waals surface area contributed by atoms with E-state index >= 15 is 0 Å². The summed E-state index contributed by atoms with van der Waals surface area (Å²) in [4.78, 5) is 32.6. The molecule has 1 fully saturated rings. The molecule has 0 aliphatic carbocycles. The number of hydrogen-bond acceptors (Lipinski definition) is 6. The molecule has 4 rings (SSSR count). The van der Waals surface area contributed by atoms with Crippen molar-refractivity contribution in [3.8, 4) is 17.2 Å². The Morgan fingerprint density at radius 2 is 1.94 bits per heavy atom. The quantitative estimate of drug-likeness (QED) is 0.509. The van der Waals surface area contributed by atoms with E-state index in [2.05, 4.69) is 11.1 Å². The van der Waals surface area contributed by atoms with Gasteiger partial charge >= 0.3 is 0 Å². The summed E-state index contributed by atoms with van der Waals surface area (Å²) in [6.07, 6.45) is 3.61. The summed E-state index contributed by atoms with van der Waals surface area (Å²) in [5.41, 5.74) is 4.63. The maximum Gasteiger partial charge on any atom is 0.273 e. The van der Waals surface area contributed by atoms with Crippen molar-refractivity contribution >= 4 is 11.5 Å². The minimum absolute atomic E-state index is 0.0520. The van der Waals surface area contributed by atoms with Crippen LogP contribution in [-0.2, 0) is 23.6 Å². The highest BCUT2D eigenvalue weighted by Crippen LogP contribution is 2.27. The number of carbonyl (C=O) groups is 1. The van der Waals surface area contributed by atoms with Crippen LogP contribution in [-0.4, -0.2) is 41.6 Å². The molecule has 2 aromatic heterocycles. The fourth-order valence-electron chi connectivity index (χ4n) is 4.27. The number of pyridine rings is 2. The molecule has 0 radical (unpaired) electrons.